The zero-order valence-electron chi connectivity index (χ0n) is 10.0. The molecule has 0 saturated carbocycles. The van der Waals surface area contributed by atoms with Gasteiger partial charge < -0.3 is 20.1 Å². The molecular formula is C10H22N2O2S. The van der Waals surface area contributed by atoms with Gasteiger partial charge in [0.2, 0.25) is 0 Å². The van der Waals surface area contributed by atoms with Gasteiger partial charge in [-0.25, -0.2) is 0 Å². The van der Waals surface area contributed by atoms with Crippen LogP contribution in [0.2, 0.25) is 0 Å². The Kier molecular flexibility index (Phi) is 8.65. The maximum absolute atomic E-state index is 5.27. The highest BCUT2D eigenvalue weighted by atomic mass is 32.1. The zero-order valence-corrected chi connectivity index (χ0v) is 10.8. The van der Waals surface area contributed by atoms with Crippen molar-refractivity contribution >= 4 is 17.3 Å². The summed E-state index contributed by atoms with van der Waals surface area (Å²) >= 11 is 5.14. The van der Waals surface area contributed by atoms with Crippen molar-refractivity contribution in [2.24, 2.45) is 0 Å². The first-order valence-electron chi connectivity index (χ1n) is 5.23. The van der Waals surface area contributed by atoms with Crippen LogP contribution >= 0.6 is 12.2 Å². The van der Waals surface area contributed by atoms with Gasteiger partial charge in [0.1, 0.15) is 0 Å². The Bertz CT molecular complexity index is 179. The highest BCUT2D eigenvalue weighted by Crippen LogP contribution is 1.87. The van der Waals surface area contributed by atoms with Gasteiger partial charge in [0.15, 0.2) is 5.11 Å². The van der Waals surface area contributed by atoms with Gasteiger partial charge in [-0.05, 0) is 33.0 Å². The van der Waals surface area contributed by atoms with Crippen LogP contribution in [-0.4, -0.2) is 44.1 Å². The molecule has 15 heavy (non-hydrogen) atoms. The molecule has 0 aromatic heterocycles. The molecule has 4 nitrogen and oxygen atoms in total. The van der Waals surface area contributed by atoms with Crippen LogP contribution in [0, 0.1) is 0 Å². The Morgan fingerprint density at radius 2 is 1.73 bits per heavy atom. The predicted octanol–water partition coefficient (Wildman–Crippen LogP) is 0.910. The van der Waals surface area contributed by atoms with Gasteiger partial charge >= 0.3 is 0 Å². The maximum atomic E-state index is 5.27. The number of ether oxygens (including phenoxy) is 2. The molecular weight excluding hydrogens is 212 g/mol. The lowest BCUT2D eigenvalue weighted by Gasteiger charge is -2.19. The van der Waals surface area contributed by atoms with Crippen LogP contribution in [0.1, 0.15) is 20.8 Å². The highest BCUT2D eigenvalue weighted by molar-refractivity contribution is 7.80. The van der Waals surface area contributed by atoms with Crippen molar-refractivity contribution in [3.63, 3.8) is 0 Å². The summed E-state index contributed by atoms with van der Waals surface area (Å²) in [5.74, 6) is 0. The van der Waals surface area contributed by atoms with Crippen LogP contribution in [0.5, 0.6) is 0 Å². The molecule has 0 heterocycles. The molecule has 0 aromatic carbocycles. The van der Waals surface area contributed by atoms with Crippen molar-refractivity contribution in [3.05, 3.63) is 0 Å². The summed E-state index contributed by atoms with van der Waals surface area (Å²) in [5.41, 5.74) is 0. The summed E-state index contributed by atoms with van der Waals surface area (Å²) in [6.07, 6.45) is 0. The largest absolute Gasteiger partial charge is 0.383 e. The van der Waals surface area contributed by atoms with Crippen molar-refractivity contribution < 1.29 is 9.47 Å². The van der Waals surface area contributed by atoms with E-state index in [0.717, 1.165) is 6.61 Å². The van der Waals surface area contributed by atoms with E-state index in [1.54, 1.807) is 7.11 Å². The third kappa shape index (κ3) is 8.59. The lowest BCUT2D eigenvalue weighted by molar-refractivity contribution is 0.132. The van der Waals surface area contributed by atoms with E-state index in [4.69, 9.17) is 21.7 Å². The SMILES string of the molecule is CCOCC(C)NC(=S)NC(C)COC. The summed E-state index contributed by atoms with van der Waals surface area (Å²) < 4.78 is 10.3. The van der Waals surface area contributed by atoms with E-state index in [9.17, 15) is 0 Å². The Labute approximate surface area is 97.7 Å². The monoisotopic (exact) mass is 234 g/mol. The third-order valence-electron chi connectivity index (χ3n) is 1.74. The number of thiocarbonyl (C=S) groups is 1. The zero-order chi connectivity index (χ0) is 11.7. The summed E-state index contributed by atoms with van der Waals surface area (Å²) in [7, 11) is 1.67. The van der Waals surface area contributed by atoms with Crippen LogP contribution in [-0.2, 0) is 9.47 Å². The van der Waals surface area contributed by atoms with Crippen LogP contribution in [0.15, 0.2) is 0 Å². The van der Waals surface area contributed by atoms with Gasteiger partial charge in [0.25, 0.3) is 0 Å². The van der Waals surface area contributed by atoms with Gasteiger partial charge in [-0.2, -0.15) is 0 Å². The molecule has 0 aliphatic rings. The molecule has 0 amide bonds. The van der Waals surface area contributed by atoms with Crippen molar-refractivity contribution in [1.82, 2.24) is 10.6 Å². The van der Waals surface area contributed by atoms with E-state index in [0.29, 0.717) is 18.3 Å². The third-order valence-corrected chi connectivity index (χ3v) is 1.98. The summed E-state index contributed by atoms with van der Waals surface area (Å²) in [6, 6.07) is 0.439. The van der Waals surface area contributed by atoms with Gasteiger partial charge in [-0.15, -0.1) is 0 Å². The highest BCUT2D eigenvalue weighted by Gasteiger charge is 2.06. The molecule has 0 rings (SSSR count). The quantitative estimate of drug-likeness (QED) is 0.641. The summed E-state index contributed by atoms with van der Waals surface area (Å²) in [6.45, 7) is 8.06. The maximum Gasteiger partial charge on any atom is 0.166 e. The normalized spacial score (nSPS) is 14.4. The molecule has 2 N–H and O–H groups in total. The molecule has 90 valence electrons. The fraction of sp³-hybridized carbons (Fsp3) is 0.900. The van der Waals surface area contributed by atoms with Crippen LogP contribution in [0.3, 0.4) is 0 Å². The van der Waals surface area contributed by atoms with E-state index in [-0.39, 0.29) is 12.1 Å². The molecule has 0 aliphatic heterocycles. The minimum atomic E-state index is 0.217. The second-order valence-corrected chi connectivity index (χ2v) is 3.94. The van der Waals surface area contributed by atoms with Crippen LogP contribution < -0.4 is 10.6 Å². The van der Waals surface area contributed by atoms with E-state index in [2.05, 4.69) is 10.6 Å². The number of rotatable bonds is 7. The Morgan fingerprint density at radius 1 is 1.20 bits per heavy atom. The molecule has 2 unspecified atom stereocenters. The molecule has 0 spiro atoms. The molecule has 2 atom stereocenters. The second-order valence-electron chi connectivity index (χ2n) is 3.53. The van der Waals surface area contributed by atoms with Crippen molar-refractivity contribution in [1.29, 1.82) is 0 Å². The Morgan fingerprint density at radius 3 is 2.20 bits per heavy atom. The molecule has 5 heteroatoms. The molecule has 0 aromatic rings. The lowest BCUT2D eigenvalue weighted by atomic mass is 10.3. The van der Waals surface area contributed by atoms with Gasteiger partial charge in [0, 0.05) is 25.8 Å². The lowest BCUT2D eigenvalue weighted by Crippen LogP contribution is -2.46. The van der Waals surface area contributed by atoms with Crippen LogP contribution in [0.25, 0.3) is 0 Å². The first-order valence-corrected chi connectivity index (χ1v) is 5.64. The smallest absolute Gasteiger partial charge is 0.166 e. The second kappa shape index (κ2) is 8.88. The van der Waals surface area contributed by atoms with Crippen molar-refractivity contribution in [3.8, 4) is 0 Å². The standard InChI is InChI=1S/C10H22N2O2S/c1-5-14-7-9(3)12-10(15)11-8(2)6-13-4/h8-9H,5-7H2,1-4H3,(H2,11,12,15). The molecule has 0 fully saturated rings. The van der Waals surface area contributed by atoms with Crippen LogP contribution in [0.4, 0.5) is 0 Å². The number of nitrogens with one attached hydrogen (secondary N) is 2. The molecule has 0 bridgehead atoms. The number of hydrogen-bond donors (Lipinski definition) is 2. The average molecular weight is 234 g/mol. The first-order chi connectivity index (χ1) is 7.10. The fourth-order valence-corrected chi connectivity index (χ4v) is 1.52. The first kappa shape index (κ1) is 14.6. The Hall–Kier alpha value is -0.390. The van der Waals surface area contributed by atoms with Gasteiger partial charge in [-0.3, -0.25) is 0 Å². The predicted molar refractivity (Wildman–Crippen MR) is 66.2 cm³/mol. The van der Waals surface area contributed by atoms with E-state index in [1.807, 2.05) is 20.8 Å². The van der Waals surface area contributed by atoms with E-state index >= 15 is 0 Å². The topological polar surface area (TPSA) is 42.5 Å². The van der Waals surface area contributed by atoms with Gasteiger partial charge in [0.05, 0.1) is 13.2 Å². The molecule has 0 saturated heterocycles. The van der Waals surface area contributed by atoms with Crippen molar-refractivity contribution in [2.75, 3.05) is 26.9 Å². The Balaban J connectivity index is 3.63. The average Bonchev–Trinajstić information content (AvgIpc) is 2.14. The van der Waals surface area contributed by atoms with E-state index in [1.165, 1.54) is 0 Å². The number of methoxy groups -OCH3 is 1. The fourth-order valence-electron chi connectivity index (χ4n) is 1.12. The minimum absolute atomic E-state index is 0.217. The number of hydrogen-bond acceptors (Lipinski definition) is 3. The summed E-state index contributed by atoms with van der Waals surface area (Å²) in [5, 5.41) is 6.92. The minimum Gasteiger partial charge on any atom is -0.383 e. The molecule has 0 aliphatic carbocycles. The van der Waals surface area contributed by atoms with Gasteiger partial charge in [-0.1, -0.05) is 0 Å². The summed E-state index contributed by atoms with van der Waals surface area (Å²) in [4.78, 5) is 0. The van der Waals surface area contributed by atoms with E-state index < -0.39 is 0 Å². The van der Waals surface area contributed by atoms with Crippen molar-refractivity contribution in [2.45, 2.75) is 32.9 Å². The molecule has 0 radical (unpaired) electrons.